The van der Waals surface area contributed by atoms with Crippen LogP contribution in [0, 0.1) is 25.2 Å². The molecule has 1 aromatic carbocycles. The second kappa shape index (κ2) is 23.2. The van der Waals surface area contributed by atoms with E-state index in [2.05, 4.69) is 59.8 Å². The number of carbonyl (C=O) groups excluding carboxylic acids is 3. The minimum atomic E-state index is -0.973. The molecule has 0 saturated heterocycles. The first-order valence-corrected chi connectivity index (χ1v) is 14.4. The van der Waals surface area contributed by atoms with Crippen molar-refractivity contribution in [2.75, 3.05) is 26.8 Å². The van der Waals surface area contributed by atoms with E-state index in [1.165, 1.54) is 19.6 Å². The fraction of sp³-hybridized carbons (Fsp3) is 0.469. The number of rotatable bonds is 14. The number of methoxy groups -OCH3 is 1. The molecule has 0 bridgehead atoms. The normalized spacial score (nSPS) is 10.9. The van der Waals surface area contributed by atoms with E-state index in [0.29, 0.717) is 17.9 Å². The van der Waals surface area contributed by atoms with Crippen molar-refractivity contribution < 1.29 is 23.6 Å². The predicted molar refractivity (Wildman–Crippen MR) is 168 cm³/mol. The van der Waals surface area contributed by atoms with Crippen LogP contribution in [0.25, 0.3) is 0 Å². The quantitative estimate of drug-likeness (QED) is 0.143. The van der Waals surface area contributed by atoms with Gasteiger partial charge in [0, 0.05) is 32.0 Å². The van der Waals surface area contributed by atoms with Crippen LogP contribution in [0.3, 0.4) is 0 Å². The zero-order valence-electron chi connectivity index (χ0n) is 26.6. The number of nitriles is 1. The lowest BCUT2D eigenvalue weighted by molar-refractivity contribution is -0.128. The molecule has 2 rings (SSSR count). The number of hydrogen-bond donors (Lipinski definition) is 4. The monoisotopic (exact) mass is 596 g/mol. The Bertz CT molecular complexity index is 1200. The first-order valence-electron chi connectivity index (χ1n) is 14.4. The van der Waals surface area contributed by atoms with Crippen molar-refractivity contribution in [2.45, 2.75) is 73.4 Å². The molecular weight excluding hydrogens is 548 g/mol. The van der Waals surface area contributed by atoms with Crippen molar-refractivity contribution in [1.29, 1.82) is 5.26 Å². The summed E-state index contributed by atoms with van der Waals surface area (Å²) in [7, 11) is 1.40. The maximum atomic E-state index is 12.3. The second-order valence-corrected chi connectivity index (χ2v) is 9.56. The molecule has 0 radical (unpaired) electrons. The lowest BCUT2D eigenvalue weighted by Crippen LogP contribution is -2.51. The fourth-order valence-electron chi connectivity index (χ4n) is 3.13. The summed E-state index contributed by atoms with van der Waals surface area (Å²) in [6.45, 7) is 16.6. The second-order valence-electron chi connectivity index (χ2n) is 9.56. The van der Waals surface area contributed by atoms with E-state index in [4.69, 9.17) is 14.5 Å². The van der Waals surface area contributed by atoms with Gasteiger partial charge in [-0.15, -0.1) is 0 Å². The van der Waals surface area contributed by atoms with Crippen LogP contribution >= 0.6 is 0 Å². The van der Waals surface area contributed by atoms with Gasteiger partial charge >= 0.3 is 0 Å². The Kier molecular flexibility index (Phi) is 20.8. The van der Waals surface area contributed by atoms with Crippen LogP contribution in [0.1, 0.15) is 74.3 Å². The Morgan fingerprint density at radius 1 is 1.12 bits per heavy atom. The van der Waals surface area contributed by atoms with Gasteiger partial charge in [-0.25, -0.2) is 0 Å². The van der Waals surface area contributed by atoms with E-state index < -0.39 is 17.9 Å². The number of ether oxygens (including phenoxy) is 1. The number of unbranched alkanes of at least 4 members (excludes halogenated alkanes) is 1. The molecule has 4 N–H and O–H groups in total. The lowest BCUT2D eigenvalue weighted by Gasteiger charge is -2.17. The standard InChI is InChI=1S/C19H24N4O5.C10H16N2.C3H8/c1-12-4-6-14(7-5-12)9-20-17(24)10-21-18(25)16(11-27-3)22-19(26)15-8-13(2)28-23-15;1-4-6-7-12-9(3)10(5-2)8-11;1-3-2/h4-8,16H,9-11H2,1-3H3,(H,20,24)(H,21,25)(H,22,26);5,12H,3-4,6-7H2,1-2H3;3H2,1-2H3/b;10-5+;. The Morgan fingerprint density at radius 2 is 1.77 bits per heavy atom. The van der Waals surface area contributed by atoms with Gasteiger partial charge in [-0.05, 0) is 32.8 Å². The van der Waals surface area contributed by atoms with Crippen molar-refractivity contribution in [3.8, 4) is 6.07 Å². The number of hydrogen-bond acceptors (Lipinski definition) is 8. The number of carbonyl (C=O) groups is 3. The molecule has 11 nitrogen and oxygen atoms in total. The van der Waals surface area contributed by atoms with Crippen LogP contribution in [-0.2, 0) is 20.9 Å². The molecule has 1 aromatic heterocycles. The molecule has 1 unspecified atom stereocenters. The van der Waals surface area contributed by atoms with E-state index in [1.807, 2.05) is 38.1 Å². The molecule has 236 valence electrons. The summed E-state index contributed by atoms with van der Waals surface area (Å²) in [6, 6.07) is 10.3. The van der Waals surface area contributed by atoms with E-state index in [1.54, 1.807) is 13.0 Å². The largest absolute Gasteiger partial charge is 0.384 e. The highest BCUT2D eigenvalue weighted by atomic mass is 16.5. The van der Waals surface area contributed by atoms with Crippen LogP contribution < -0.4 is 21.3 Å². The van der Waals surface area contributed by atoms with Crippen molar-refractivity contribution >= 4 is 17.7 Å². The van der Waals surface area contributed by atoms with E-state index in [9.17, 15) is 14.4 Å². The van der Waals surface area contributed by atoms with Crippen LogP contribution in [0.4, 0.5) is 0 Å². The molecule has 0 aliphatic carbocycles. The molecule has 0 saturated carbocycles. The summed E-state index contributed by atoms with van der Waals surface area (Å²) in [5, 5.41) is 23.0. The number of amides is 3. The topological polar surface area (TPSA) is 158 Å². The summed E-state index contributed by atoms with van der Waals surface area (Å²) < 4.78 is 9.81. The zero-order chi connectivity index (χ0) is 32.6. The highest BCUT2D eigenvalue weighted by molar-refractivity contribution is 5.96. The predicted octanol–water partition coefficient (Wildman–Crippen LogP) is 4.24. The number of nitrogens with one attached hydrogen (secondary N) is 4. The molecule has 2 aromatic rings. The third kappa shape index (κ3) is 17.2. The highest BCUT2D eigenvalue weighted by Crippen LogP contribution is 2.04. The molecule has 0 aliphatic heterocycles. The molecule has 3 amide bonds. The van der Waals surface area contributed by atoms with Crippen molar-refractivity contribution in [3.63, 3.8) is 0 Å². The summed E-state index contributed by atoms with van der Waals surface area (Å²) in [4.78, 5) is 36.4. The third-order valence-electron chi connectivity index (χ3n) is 5.45. The van der Waals surface area contributed by atoms with Crippen molar-refractivity contribution in [1.82, 2.24) is 26.4 Å². The average Bonchev–Trinajstić information content (AvgIpc) is 3.43. The first-order chi connectivity index (χ1) is 20.6. The van der Waals surface area contributed by atoms with Gasteiger partial charge in [-0.3, -0.25) is 14.4 Å². The maximum absolute atomic E-state index is 12.3. The van der Waals surface area contributed by atoms with Crippen molar-refractivity contribution in [3.05, 3.63) is 76.8 Å². The number of aryl methyl sites for hydroxylation is 2. The smallest absolute Gasteiger partial charge is 0.274 e. The highest BCUT2D eigenvalue weighted by Gasteiger charge is 2.23. The average molecular weight is 597 g/mol. The number of allylic oxidation sites excluding steroid dienone is 2. The minimum Gasteiger partial charge on any atom is -0.384 e. The van der Waals surface area contributed by atoms with Crippen LogP contribution in [0.15, 0.2) is 58.8 Å². The molecule has 0 fully saturated rings. The number of benzene rings is 1. The Hall–Kier alpha value is -4.43. The summed E-state index contributed by atoms with van der Waals surface area (Å²) in [5.74, 6) is -0.981. The third-order valence-corrected chi connectivity index (χ3v) is 5.45. The molecular formula is C32H48N6O5. The van der Waals surface area contributed by atoms with Gasteiger partial charge in [0.2, 0.25) is 11.8 Å². The molecule has 43 heavy (non-hydrogen) atoms. The van der Waals surface area contributed by atoms with E-state index >= 15 is 0 Å². The fourth-order valence-corrected chi connectivity index (χ4v) is 3.13. The van der Waals surface area contributed by atoms with E-state index in [-0.39, 0.29) is 24.8 Å². The van der Waals surface area contributed by atoms with Gasteiger partial charge in [-0.1, -0.05) is 81.3 Å². The summed E-state index contributed by atoms with van der Waals surface area (Å²) in [5.41, 5.74) is 3.51. The van der Waals surface area contributed by atoms with Gasteiger partial charge in [0.15, 0.2) is 5.69 Å². The molecule has 0 spiro atoms. The van der Waals surface area contributed by atoms with Crippen LogP contribution in [-0.4, -0.2) is 55.7 Å². The molecule has 1 atom stereocenters. The van der Waals surface area contributed by atoms with Gasteiger partial charge in [-0.2, -0.15) is 5.26 Å². The van der Waals surface area contributed by atoms with Crippen LogP contribution in [0.2, 0.25) is 0 Å². The van der Waals surface area contributed by atoms with Crippen LogP contribution in [0.5, 0.6) is 0 Å². The van der Waals surface area contributed by atoms with E-state index in [0.717, 1.165) is 36.2 Å². The van der Waals surface area contributed by atoms with Gasteiger partial charge in [0.25, 0.3) is 5.91 Å². The first kappa shape index (κ1) is 38.6. The van der Waals surface area contributed by atoms with Gasteiger partial charge in [0.05, 0.1) is 18.7 Å². The minimum absolute atomic E-state index is 0.0562. The summed E-state index contributed by atoms with van der Waals surface area (Å²) in [6.07, 6.45) is 5.28. The number of nitrogens with zero attached hydrogens (tertiary/aromatic N) is 2. The molecule has 0 aliphatic rings. The SMILES string of the molecule is C=C(NCCCC)/C(C#N)=C/C.CCC.COCC(NC(=O)c1cc(C)on1)C(=O)NCC(=O)NCc1ccc(C)cc1. The van der Waals surface area contributed by atoms with Gasteiger partial charge in [0.1, 0.15) is 17.9 Å². The zero-order valence-corrected chi connectivity index (χ0v) is 26.6. The Balaban J connectivity index is 0.000000982. The van der Waals surface area contributed by atoms with Crippen molar-refractivity contribution in [2.24, 2.45) is 0 Å². The lowest BCUT2D eigenvalue weighted by atomic mass is 10.1. The Labute approximate surface area is 256 Å². The molecule has 1 heterocycles. The Morgan fingerprint density at radius 3 is 2.28 bits per heavy atom. The number of aromatic nitrogens is 1. The summed E-state index contributed by atoms with van der Waals surface area (Å²) >= 11 is 0. The maximum Gasteiger partial charge on any atom is 0.274 e. The van der Waals surface area contributed by atoms with Gasteiger partial charge < -0.3 is 30.5 Å². The molecule has 11 heteroatoms.